The van der Waals surface area contributed by atoms with Crippen LogP contribution in [0.3, 0.4) is 0 Å². The molecule has 6 nitrogen and oxygen atoms in total. The second-order valence-electron chi connectivity index (χ2n) is 5.38. The average molecular weight is 310 g/mol. The van der Waals surface area contributed by atoms with Crippen LogP contribution in [-0.2, 0) is 19.4 Å². The normalized spacial score (nSPS) is 18.9. The molecule has 0 unspecified atom stereocenters. The zero-order chi connectivity index (χ0) is 15.6. The maximum atomic E-state index is 12.0. The molecule has 1 aromatic rings. The number of carbonyl (C=O) groups excluding carboxylic acids is 2. The van der Waals surface area contributed by atoms with Crippen molar-refractivity contribution in [2.24, 2.45) is 0 Å². The highest BCUT2D eigenvalue weighted by Gasteiger charge is 2.31. The summed E-state index contributed by atoms with van der Waals surface area (Å²) in [5.74, 6) is -1.20. The number of nitrogens with zero attached hydrogens (tertiary/aromatic N) is 1. The van der Waals surface area contributed by atoms with Crippen LogP contribution < -0.4 is 10.2 Å². The lowest BCUT2D eigenvalue weighted by molar-refractivity contribution is -0.119. The first-order valence-corrected chi connectivity index (χ1v) is 8.65. The third-order valence-corrected chi connectivity index (χ3v) is 4.02. The lowest BCUT2D eigenvalue weighted by Crippen LogP contribution is -2.40. The number of hydrogen-bond donors (Lipinski definition) is 1. The molecule has 0 aliphatic carbocycles. The minimum absolute atomic E-state index is 0.0801. The molecule has 1 heterocycles. The van der Waals surface area contributed by atoms with Crippen LogP contribution in [0.1, 0.15) is 12.0 Å². The molecule has 0 saturated carbocycles. The molecule has 0 spiro atoms. The van der Waals surface area contributed by atoms with Crippen LogP contribution in [0.15, 0.2) is 24.3 Å². The highest BCUT2D eigenvalue weighted by atomic mass is 32.2. The molecule has 7 heteroatoms. The number of rotatable bonds is 4. The first-order valence-electron chi connectivity index (χ1n) is 6.59. The Morgan fingerprint density at radius 2 is 1.95 bits per heavy atom. The summed E-state index contributed by atoms with van der Waals surface area (Å²) in [6.07, 6.45) is 1.19. The second kappa shape index (κ2) is 5.85. The highest BCUT2D eigenvalue weighted by molar-refractivity contribution is 7.91. The Hall–Kier alpha value is -1.89. The van der Waals surface area contributed by atoms with Gasteiger partial charge in [0.05, 0.1) is 6.04 Å². The first kappa shape index (κ1) is 15.5. The molecule has 1 saturated heterocycles. The van der Waals surface area contributed by atoms with Crippen LogP contribution in [0.5, 0.6) is 0 Å². The number of nitrogens with one attached hydrogen (secondary N) is 1. The van der Waals surface area contributed by atoms with Gasteiger partial charge in [0.15, 0.2) is 9.84 Å². The predicted octanol–water partition coefficient (Wildman–Crippen LogP) is 0.261. The number of benzene rings is 1. The first-order chi connectivity index (χ1) is 9.74. The van der Waals surface area contributed by atoms with Gasteiger partial charge in [-0.25, -0.2) is 8.42 Å². The van der Waals surface area contributed by atoms with Gasteiger partial charge in [-0.2, -0.15) is 0 Å². The van der Waals surface area contributed by atoms with Gasteiger partial charge in [0.25, 0.3) is 0 Å². The number of hydrogen-bond acceptors (Lipinski definition) is 4. The molecule has 21 heavy (non-hydrogen) atoms. The number of amides is 2. The van der Waals surface area contributed by atoms with Crippen LogP contribution >= 0.6 is 0 Å². The highest BCUT2D eigenvalue weighted by Crippen LogP contribution is 2.21. The van der Waals surface area contributed by atoms with Crippen LogP contribution in [-0.4, -0.2) is 44.8 Å². The minimum atomic E-state index is -3.36. The largest absolute Gasteiger partial charge is 0.350 e. The zero-order valence-corrected chi connectivity index (χ0v) is 12.8. The Kier molecular flexibility index (Phi) is 4.32. The third-order valence-electron chi connectivity index (χ3n) is 3.23. The molecule has 0 radical (unpaired) electrons. The molecule has 2 rings (SSSR count). The topological polar surface area (TPSA) is 83.6 Å². The zero-order valence-electron chi connectivity index (χ0n) is 12.0. The molecule has 0 aromatic heterocycles. The third kappa shape index (κ3) is 4.29. The van der Waals surface area contributed by atoms with Crippen molar-refractivity contribution in [1.82, 2.24) is 5.32 Å². The second-order valence-corrected chi connectivity index (χ2v) is 7.52. The van der Waals surface area contributed by atoms with E-state index in [0.29, 0.717) is 6.54 Å². The fourth-order valence-corrected chi connectivity index (χ4v) is 2.85. The van der Waals surface area contributed by atoms with Gasteiger partial charge in [-0.05, 0) is 19.1 Å². The fraction of sp³-hybridized carbons (Fsp3) is 0.429. The van der Waals surface area contributed by atoms with Crippen molar-refractivity contribution in [3.05, 3.63) is 29.8 Å². The smallest absolute Gasteiger partial charge is 0.235 e. The fourth-order valence-electron chi connectivity index (χ4n) is 2.29. The van der Waals surface area contributed by atoms with Crippen molar-refractivity contribution in [2.75, 3.05) is 23.5 Å². The average Bonchev–Trinajstić information content (AvgIpc) is 2.68. The Labute approximate surface area is 124 Å². The van der Waals surface area contributed by atoms with E-state index in [-0.39, 0.29) is 18.4 Å². The summed E-state index contributed by atoms with van der Waals surface area (Å²) in [6, 6.07) is 7.19. The Morgan fingerprint density at radius 1 is 1.33 bits per heavy atom. The SMILES string of the molecule is Cc1ccc(N2C[C@H](NC(=O)CS(C)(=O)=O)CC2=O)cc1. The molecular weight excluding hydrogens is 292 g/mol. The van der Waals surface area contributed by atoms with Crippen LogP contribution in [0, 0.1) is 6.92 Å². The standard InChI is InChI=1S/C14H18N2O4S/c1-10-3-5-12(6-4-10)16-8-11(7-14(16)18)15-13(17)9-21(2,19)20/h3-6,11H,7-9H2,1-2H3,(H,15,17)/t11-/m1/s1. The molecule has 1 aromatic carbocycles. The Bertz CT molecular complexity index is 652. The van der Waals surface area contributed by atoms with E-state index in [1.807, 2.05) is 31.2 Å². The van der Waals surface area contributed by atoms with Gasteiger partial charge in [-0.3, -0.25) is 9.59 Å². The molecule has 2 amide bonds. The lowest BCUT2D eigenvalue weighted by atomic mass is 10.2. The number of aryl methyl sites for hydroxylation is 1. The van der Waals surface area contributed by atoms with Gasteiger partial charge in [0, 0.05) is 24.9 Å². The van der Waals surface area contributed by atoms with E-state index in [1.165, 1.54) is 0 Å². The Morgan fingerprint density at radius 3 is 2.52 bits per heavy atom. The summed E-state index contributed by atoms with van der Waals surface area (Å²) in [5.41, 5.74) is 1.88. The molecule has 1 fully saturated rings. The van der Waals surface area contributed by atoms with E-state index in [2.05, 4.69) is 5.32 Å². The summed E-state index contributed by atoms with van der Waals surface area (Å²) < 4.78 is 22.1. The van der Waals surface area contributed by atoms with Crippen molar-refractivity contribution in [2.45, 2.75) is 19.4 Å². The van der Waals surface area contributed by atoms with Gasteiger partial charge in [0.1, 0.15) is 5.75 Å². The number of sulfone groups is 1. The molecule has 114 valence electrons. The maximum absolute atomic E-state index is 12.0. The summed E-state index contributed by atoms with van der Waals surface area (Å²) in [5, 5.41) is 2.60. The molecule has 1 aliphatic rings. The minimum Gasteiger partial charge on any atom is -0.350 e. The van der Waals surface area contributed by atoms with Gasteiger partial charge >= 0.3 is 0 Å². The van der Waals surface area contributed by atoms with E-state index >= 15 is 0 Å². The lowest BCUT2D eigenvalue weighted by Gasteiger charge is -2.17. The summed E-state index contributed by atoms with van der Waals surface area (Å²) >= 11 is 0. The number of carbonyl (C=O) groups is 2. The van der Waals surface area contributed by atoms with Crippen molar-refractivity contribution >= 4 is 27.3 Å². The molecular formula is C14H18N2O4S. The summed E-state index contributed by atoms with van der Waals surface area (Å²) in [7, 11) is -3.36. The predicted molar refractivity (Wildman–Crippen MR) is 79.8 cm³/mol. The van der Waals surface area contributed by atoms with E-state index in [9.17, 15) is 18.0 Å². The van der Waals surface area contributed by atoms with Crippen LogP contribution in [0.25, 0.3) is 0 Å². The monoisotopic (exact) mass is 310 g/mol. The number of anilines is 1. The van der Waals surface area contributed by atoms with E-state index < -0.39 is 21.5 Å². The summed E-state index contributed by atoms with van der Waals surface area (Å²) in [4.78, 5) is 25.2. The maximum Gasteiger partial charge on any atom is 0.235 e. The van der Waals surface area contributed by atoms with Gasteiger partial charge < -0.3 is 10.2 Å². The van der Waals surface area contributed by atoms with Crippen LogP contribution in [0.2, 0.25) is 0 Å². The van der Waals surface area contributed by atoms with Gasteiger partial charge in [-0.1, -0.05) is 17.7 Å². The van der Waals surface area contributed by atoms with Crippen molar-refractivity contribution < 1.29 is 18.0 Å². The van der Waals surface area contributed by atoms with Gasteiger partial charge in [0.2, 0.25) is 11.8 Å². The Balaban J connectivity index is 1.99. The van der Waals surface area contributed by atoms with Crippen LogP contribution in [0.4, 0.5) is 5.69 Å². The van der Waals surface area contributed by atoms with Crippen molar-refractivity contribution in [3.8, 4) is 0 Å². The van der Waals surface area contributed by atoms with E-state index in [4.69, 9.17) is 0 Å². The van der Waals surface area contributed by atoms with E-state index in [0.717, 1.165) is 17.5 Å². The molecule has 1 atom stereocenters. The molecule has 1 N–H and O–H groups in total. The molecule has 1 aliphatic heterocycles. The van der Waals surface area contributed by atoms with Gasteiger partial charge in [-0.15, -0.1) is 0 Å². The molecule has 0 bridgehead atoms. The summed E-state index contributed by atoms with van der Waals surface area (Å²) in [6.45, 7) is 2.32. The van der Waals surface area contributed by atoms with E-state index in [1.54, 1.807) is 4.90 Å². The van der Waals surface area contributed by atoms with Crippen molar-refractivity contribution in [1.29, 1.82) is 0 Å². The quantitative estimate of drug-likeness (QED) is 0.865. The van der Waals surface area contributed by atoms with Crippen molar-refractivity contribution in [3.63, 3.8) is 0 Å².